The van der Waals surface area contributed by atoms with Crippen LogP contribution in [0.3, 0.4) is 0 Å². The van der Waals surface area contributed by atoms with Crippen molar-refractivity contribution in [1.29, 1.82) is 0 Å². The van der Waals surface area contributed by atoms with E-state index in [4.69, 9.17) is 14.2 Å². The molecule has 5 nitrogen and oxygen atoms in total. The van der Waals surface area contributed by atoms with Gasteiger partial charge in [0.2, 0.25) is 5.91 Å². The van der Waals surface area contributed by atoms with E-state index in [1.165, 1.54) is 0 Å². The number of hydrogen-bond donors (Lipinski definition) is 1. The summed E-state index contributed by atoms with van der Waals surface area (Å²) in [5.74, 6) is 1.30. The fourth-order valence-electron chi connectivity index (χ4n) is 3.00. The van der Waals surface area contributed by atoms with Gasteiger partial charge in [-0.25, -0.2) is 0 Å². The van der Waals surface area contributed by atoms with Crippen LogP contribution in [0.5, 0.6) is 11.5 Å². The molecule has 2 aromatic carbocycles. The van der Waals surface area contributed by atoms with Gasteiger partial charge in [0.05, 0.1) is 19.1 Å². The van der Waals surface area contributed by atoms with E-state index in [1.807, 2.05) is 43.3 Å². The second-order valence-corrected chi connectivity index (χ2v) is 6.96. The maximum Gasteiger partial charge on any atom is 0.231 e. The lowest BCUT2D eigenvalue weighted by atomic mass is 9.95. The number of carbonyl (C=O) groups is 1. The molecule has 6 heteroatoms. The molecule has 0 saturated carbocycles. The average Bonchev–Trinajstić information content (AvgIpc) is 2.64. The molecular weight excluding hydrogens is 398 g/mol. The number of hydrogen-bond acceptors (Lipinski definition) is 4. The molecule has 0 bridgehead atoms. The Bertz CT molecular complexity index is 793. The number of ether oxygens (including phenoxy) is 3. The fourth-order valence-corrected chi connectivity index (χ4v) is 3.48. The molecule has 0 saturated heterocycles. The summed E-state index contributed by atoms with van der Waals surface area (Å²) in [7, 11) is 1.63. The summed E-state index contributed by atoms with van der Waals surface area (Å²) in [4.78, 5) is 12.8. The van der Waals surface area contributed by atoms with Crippen LogP contribution >= 0.6 is 15.9 Å². The van der Waals surface area contributed by atoms with E-state index in [0.717, 1.165) is 32.8 Å². The third-order valence-electron chi connectivity index (χ3n) is 4.29. The number of methoxy groups -OCH3 is 1. The van der Waals surface area contributed by atoms with Crippen LogP contribution < -0.4 is 14.8 Å². The highest BCUT2D eigenvalue weighted by atomic mass is 79.9. The van der Waals surface area contributed by atoms with Crippen molar-refractivity contribution in [2.45, 2.75) is 20.0 Å². The zero-order chi connectivity index (χ0) is 18.5. The van der Waals surface area contributed by atoms with Gasteiger partial charge in [0.15, 0.2) is 0 Å². The number of rotatable bonds is 6. The number of fused-ring (bicyclic) bond motifs is 1. The fraction of sp³-hybridized carbons (Fsp3) is 0.350. The second kappa shape index (κ2) is 8.56. The number of nitrogens with one attached hydrogen (secondary N) is 1. The predicted molar refractivity (Wildman–Crippen MR) is 104 cm³/mol. The lowest BCUT2D eigenvalue weighted by Gasteiger charge is -2.25. The van der Waals surface area contributed by atoms with Crippen LogP contribution in [0.4, 0.5) is 5.69 Å². The van der Waals surface area contributed by atoms with Gasteiger partial charge in [0.25, 0.3) is 0 Å². The van der Waals surface area contributed by atoms with Crippen molar-refractivity contribution in [3.8, 4) is 11.5 Å². The molecule has 26 heavy (non-hydrogen) atoms. The van der Waals surface area contributed by atoms with Gasteiger partial charge in [-0.1, -0.05) is 22.0 Å². The lowest BCUT2D eigenvalue weighted by Crippen LogP contribution is -2.32. The molecule has 2 aromatic rings. The standard InChI is InChI=1S/C20H22BrNO4/c1-3-25-15-7-8-19-13(10-15)9-14(11-26-19)20(23)22-18-6-4-5-17(21)16(18)12-24-2/h4-8,10,14H,3,9,11-12H2,1-2H3,(H,22,23). The Morgan fingerprint density at radius 3 is 2.96 bits per heavy atom. The van der Waals surface area contributed by atoms with Crippen LogP contribution in [0.2, 0.25) is 0 Å². The van der Waals surface area contributed by atoms with Crippen molar-refractivity contribution >= 4 is 27.5 Å². The van der Waals surface area contributed by atoms with E-state index in [2.05, 4.69) is 21.2 Å². The molecule has 1 amide bonds. The molecule has 0 radical (unpaired) electrons. The van der Waals surface area contributed by atoms with E-state index in [0.29, 0.717) is 26.2 Å². The van der Waals surface area contributed by atoms with Crippen molar-refractivity contribution < 1.29 is 19.0 Å². The maximum absolute atomic E-state index is 12.8. The molecule has 1 atom stereocenters. The zero-order valence-corrected chi connectivity index (χ0v) is 16.5. The Balaban J connectivity index is 1.74. The van der Waals surface area contributed by atoms with Crippen molar-refractivity contribution in [3.63, 3.8) is 0 Å². The van der Waals surface area contributed by atoms with E-state index >= 15 is 0 Å². The van der Waals surface area contributed by atoms with Crippen molar-refractivity contribution in [1.82, 2.24) is 0 Å². The normalized spacial score (nSPS) is 15.7. The Hall–Kier alpha value is -2.05. The first-order chi connectivity index (χ1) is 12.6. The molecule has 1 aliphatic heterocycles. The molecule has 0 aromatic heterocycles. The molecule has 0 spiro atoms. The highest BCUT2D eigenvalue weighted by Gasteiger charge is 2.27. The van der Waals surface area contributed by atoms with E-state index in [-0.39, 0.29) is 11.8 Å². The minimum absolute atomic E-state index is 0.0621. The number of carbonyl (C=O) groups excluding carboxylic acids is 1. The minimum Gasteiger partial charge on any atom is -0.494 e. The van der Waals surface area contributed by atoms with Gasteiger partial charge in [0, 0.05) is 22.8 Å². The summed E-state index contributed by atoms with van der Waals surface area (Å²) in [6, 6.07) is 11.4. The van der Waals surface area contributed by atoms with Crippen LogP contribution in [-0.2, 0) is 22.6 Å². The number of anilines is 1. The summed E-state index contributed by atoms with van der Waals surface area (Å²) in [5, 5.41) is 3.02. The van der Waals surface area contributed by atoms with Gasteiger partial charge in [0.1, 0.15) is 18.1 Å². The van der Waals surface area contributed by atoms with Crippen LogP contribution in [0.25, 0.3) is 0 Å². The van der Waals surface area contributed by atoms with Gasteiger partial charge >= 0.3 is 0 Å². The number of benzene rings is 2. The molecule has 1 N–H and O–H groups in total. The molecule has 3 rings (SSSR count). The van der Waals surface area contributed by atoms with Gasteiger partial charge < -0.3 is 19.5 Å². The van der Waals surface area contributed by atoms with E-state index in [1.54, 1.807) is 7.11 Å². The molecule has 1 unspecified atom stereocenters. The first-order valence-electron chi connectivity index (χ1n) is 8.58. The first kappa shape index (κ1) is 18.7. The zero-order valence-electron chi connectivity index (χ0n) is 14.9. The average molecular weight is 420 g/mol. The topological polar surface area (TPSA) is 56.8 Å². The van der Waals surface area contributed by atoms with Gasteiger partial charge in [-0.2, -0.15) is 0 Å². The number of amides is 1. The first-order valence-corrected chi connectivity index (χ1v) is 9.37. The van der Waals surface area contributed by atoms with E-state index < -0.39 is 0 Å². The van der Waals surface area contributed by atoms with Crippen molar-refractivity contribution in [3.05, 3.63) is 52.0 Å². The molecule has 1 aliphatic rings. The third kappa shape index (κ3) is 4.19. The van der Waals surface area contributed by atoms with Crippen LogP contribution in [-0.4, -0.2) is 26.2 Å². The highest BCUT2D eigenvalue weighted by molar-refractivity contribution is 9.10. The van der Waals surface area contributed by atoms with E-state index in [9.17, 15) is 4.79 Å². The molecule has 1 heterocycles. The Kier molecular flexibility index (Phi) is 6.16. The van der Waals surface area contributed by atoms with Gasteiger partial charge in [-0.3, -0.25) is 4.79 Å². The SMILES string of the molecule is CCOc1ccc2c(c1)CC(C(=O)Nc1cccc(Br)c1COC)CO2. The smallest absolute Gasteiger partial charge is 0.231 e. The molecular formula is C20H22BrNO4. The largest absolute Gasteiger partial charge is 0.494 e. The summed E-state index contributed by atoms with van der Waals surface area (Å²) in [6.45, 7) is 3.33. The van der Waals surface area contributed by atoms with Gasteiger partial charge in [-0.05, 0) is 49.2 Å². The third-order valence-corrected chi connectivity index (χ3v) is 5.03. The minimum atomic E-state index is -0.256. The summed E-state index contributed by atoms with van der Waals surface area (Å²) < 4.78 is 17.5. The van der Waals surface area contributed by atoms with Crippen LogP contribution in [0.15, 0.2) is 40.9 Å². The highest BCUT2D eigenvalue weighted by Crippen LogP contribution is 2.32. The summed E-state index contributed by atoms with van der Waals surface area (Å²) in [5.41, 5.74) is 2.66. The molecule has 0 fully saturated rings. The van der Waals surface area contributed by atoms with Crippen molar-refractivity contribution in [2.75, 3.05) is 25.6 Å². The predicted octanol–water partition coefficient (Wildman–Crippen LogP) is 4.18. The number of halogens is 1. The quantitative estimate of drug-likeness (QED) is 0.762. The van der Waals surface area contributed by atoms with Crippen molar-refractivity contribution in [2.24, 2.45) is 5.92 Å². The second-order valence-electron chi connectivity index (χ2n) is 6.10. The Labute approximate surface area is 161 Å². The van der Waals surface area contributed by atoms with Gasteiger partial charge in [-0.15, -0.1) is 0 Å². The Morgan fingerprint density at radius 2 is 2.19 bits per heavy atom. The molecule has 138 valence electrons. The monoisotopic (exact) mass is 419 g/mol. The lowest BCUT2D eigenvalue weighted by molar-refractivity contribution is -0.121. The van der Waals surface area contributed by atoms with Crippen LogP contribution in [0, 0.1) is 5.92 Å². The summed E-state index contributed by atoms with van der Waals surface area (Å²) in [6.07, 6.45) is 0.621. The Morgan fingerprint density at radius 1 is 1.35 bits per heavy atom. The molecule has 0 aliphatic carbocycles. The maximum atomic E-state index is 12.8. The van der Waals surface area contributed by atoms with Crippen LogP contribution in [0.1, 0.15) is 18.1 Å². The summed E-state index contributed by atoms with van der Waals surface area (Å²) >= 11 is 3.51.